The Balaban J connectivity index is 0. The van der Waals surface area contributed by atoms with Crippen LogP contribution < -0.4 is 0 Å². The van der Waals surface area contributed by atoms with Gasteiger partial charge in [0.15, 0.2) is 0 Å². The fraction of sp³-hybridized carbons (Fsp3) is 1.00. The van der Waals surface area contributed by atoms with Gasteiger partial charge in [-0.05, 0) is 13.3 Å². The maximum Gasteiger partial charge on any atom is 0.500 e. The normalized spacial score (nSPS) is 11.3. The van der Waals surface area contributed by atoms with Crippen molar-refractivity contribution in [2.45, 2.75) is 110 Å². The molecule has 0 rings (SSSR count). The molecule has 0 aliphatic heterocycles. The van der Waals surface area contributed by atoms with Crippen molar-refractivity contribution in [1.29, 1.82) is 0 Å². The molecule has 160 valence electrons. The Morgan fingerprint density at radius 1 is 0.538 bits per heavy atom. The fourth-order valence-electron chi connectivity index (χ4n) is 3.09. The molecule has 0 aromatic rings. The summed E-state index contributed by atoms with van der Waals surface area (Å²) in [6, 6.07) is 0.939. The molecule has 0 radical (unpaired) electrons. The molecule has 0 spiro atoms. The average Bonchev–Trinajstić information content (AvgIpc) is 2.66. The van der Waals surface area contributed by atoms with Crippen molar-refractivity contribution in [2.75, 3.05) is 27.9 Å². The third-order valence-electron chi connectivity index (χ3n) is 4.77. The third kappa shape index (κ3) is 18.8. The summed E-state index contributed by atoms with van der Waals surface area (Å²) in [6.45, 7) is 4.21. The van der Waals surface area contributed by atoms with E-state index in [1.165, 1.54) is 83.5 Å². The van der Waals surface area contributed by atoms with E-state index >= 15 is 0 Å². The maximum absolute atomic E-state index is 7.57. The summed E-state index contributed by atoms with van der Waals surface area (Å²) < 4.78 is 16.3. The van der Waals surface area contributed by atoms with Crippen LogP contribution in [0, 0.1) is 0 Å². The molecule has 0 aromatic heterocycles. The Labute approximate surface area is 165 Å². The molecule has 0 unspecified atom stereocenters. The third-order valence-corrected chi connectivity index (χ3v) is 7.60. The van der Waals surface area contributed by atoms with Gasteiger partial charge in [-0.3, -0.25) is 0 Å². The van der Waals surface area contributed by atoms with Gasteiger partial charge in [0.05, 0.1) is 0 Å². The fourth-order valence-corrected chi connectivity index (χ4v) is 4.89. The number of unbranched alkanes of at least 4 members (excludes halogenated alkanes) is 13. The van der Waals surface area contributed by atoms with Gasteiger partial charge in [0.1, 0.15) is 0 Å². The van der Waals surface area contributed by atoms with Crippen LogP contribution in [0.25, 0.3) is 0 Å². The van der Waals surface area contributed by atoms with E-state index in [0.29, 0.717) is 0 Å². The minimum absolute atomic E-state index is 0.250. The summed E-state index contributed by atoms with van der Waals surface area (Å²) >= 11 is 0. The van der Waals surface area contributed by atoms with Crippen molar-refractivity contribution in [3.63, 3.8) is 0 Å². The number of aliphatic hydroxyl groups excluding tert-OH is 1. The lowest BCUT2D eigenvalue weighted by atomic mass is 10.0. The minimum Gasteiger partial charge on any atom is -0.397 e. The second-order valence-electron chi connectivity index (χ2n) is 6.96. The molecule has 1 N–H and O–H groups in total. The maximum atomic E-state index is 7.57. The molecule has 26 heavy (non-hydrogen) atoms. The van der Waals surface area contributed by atoms with E-state index in [-0.39, 0.29) is 6.61 Å². The first kappa shape index (κ1) is 28.3. The molecule has 5 heteroatoms. The van der Waals surface area contributed by atoms with Crippen LogP contribution in [0.4, 0.5) is 0 Å². The zero-order valence-electron chi connectivity index (χ0n) is 18.5. The highest BCUT2D eigenvalue weighted by Gasteiger charge is 2.36. The largest absolute Gasteiger partial charge is 0.500 e. The Hall–Kier alpha value is 0.0569. The summed E-state index contributed by atoms with van der Waals surface area (Å²) in [6.07, 6.45) is 19.4. The van der Waals surface area contributed by atoms with Gasteiger partial charge >= 0.3 is 8.80 Å². The van der Waals surface area contributed by atoms with Crippen LogP contribution in [0.15, 0.2) is 0 Å². The second kappa shape index (κ2) is 23.1. The SMILES string of the molecule is CCCCCCCCCCCCCCCC[Si](OC)(OC)OC.CCO. The van der Waals surface area contributed by atoms with Gasteiger partial charge in [0, 0.05) is 34.0 Å². The highest BCUT2D eigenvalue weighted by molar-refractivity contribution is 6.60. The molecule has 0 saturated heterocycles. The van der Waals surface area contributed by atoms with Gasteiger partial charge in [-0.2, -0.15) is 0 Å². The van der Waals surface area contributed by atoms with Gasteiger partial charge in [-0.15, -0.1) is 0 Å². The number of rotatable bonds is 18. The quantitative estimate of drug-likeness (QED) is 0.218. The van der Waals surface area contributed by atoms with E-state index in [2.05, 4.69) is 6.92 Å². The van der Waals surface area contributed by atoms with Crippen LogP contribution in [-0.4, -0.2) is 41.8 Å². The first-order valence-electron chi connectivity index (χ1n) is 10.9. The molecule has 0 heterocycles. The second-order valence-corrected chi connectivity index (χ2v) is 10.0. The first-order valence-corrected chi connectivity index (χ1v) is 12.9. The van der Waals surface area contributed by atoms with Gasteiger partial charge in [-0.1, -0.05) is 90.4 Å². The molecular formula is C21H48O4Si. The lowest BCUT2D eigenvalue weighted by Crippen LogP contribution is -2.42. The van der Waals surface area contributed by atoms with E-state index in [1.54, 1.807) is 28.3 Å². The first-order chi connectivity index (χ1) is 12.7. The summed E-state index contributed by atoms with van der Waals surface area (Å²) in [5.41, 5.74) is 0. The van der Waals surface area contributed by atoms with E-state index in [1.807, 2.05) is 0 Å². The molecule has 0 saturated carbocycles. The molecule has 0 atom stereocenters. The number of aliphatic hydroxyl groups is 1. The lowest BCUT2D eigenvalue weighted by molar-refractivity contribution is 0.122. The molecule has 0 aromatic carbocycles. The van der Waals surface area contributed by atoms with Crippen LogP contribution in [0.1, 0.15) is 104 Å². The molecule has 0 fully saturated rings. The van der Waals surface area contributed by atoms with Crippen molar-refractivity contribution in [2.24, 2.45) is 0 Å². The van der Waals surface area contributed by atoms with Gasteiger partial charge in [-0.25, -0.2) is 0 Å². The molecule has 0 amide bonds. The smallest absolute Gasteiger partial charge is 0.397 e. The van der Waals surface area contributed by atoms with E-state index in [4.69, 9.17) is 18.4 Å². The Bertz CT molecular complexity index is 240. The summed E-state index contributed by atoms with van der Waals surface area (Å²) in [5, 5.41) is 7.57. The highest BCUT2D eigenvalue weighted by atomic mass is 28.4. The summed E-state index contributed by atoms with van der Waals surface area (Å²) in [7, 11) is 2.77. The predicted octanol–water partition coefficient (Wildman–Crippen LogP) is 6.34. The van der Waals surface area contributed by atoms with Crippen molar-refractivity contribution in [1.82, 2.24) is 0 Å². The standard InChI is InChI=1S/C19H42O3Si.C2H6O/c1-5-6-7-8-9-10-11-12-13-14-15-16-17-18-19-23(20-2,21-3)22-4;1-2-3/h5-19H2,1-4H3;3H,2H2,1H3. The van der Waals surface area contributed by atoms with Crippen molar-refractivity contribution >= 4 is 8.80 Å². The van der Waals surface area contributed by atoms with Crippen LogP contribution in [0.3, 0.4) is 0 Å². The minimum atomic E-state index is -2.32. The van der Waals surface area contributed by atoms with Crippen molar-refractivity contribution < 1.29 is 18.4 Å². The Morgan fingerprint density at radius 3 is 1.08 bits per heavy atom. The lowest BCUT2D eigenvalue weighted by Gasteiger charge is -2.24. The van der Waals surface area contributed by atoms with Crippen molar-refractivity contribution in [3.05, 3.63) is 0 Å². The van der Waals surface area contributed by atoms with Gasteiger partial charge < -0.3 is 18.4 Å². The monoisotopic (exact) mass is 392 g/mol. The summed E-state index contributed by atoms with van der Waals surface area (Å²) in [4.78, 5) is 0. The molecule has 0 aliphatic carbocycles. The Kier molecular flexibility index (Phi) is 25.1. The Morgan fingerprint density at radius 2 is 0.808 bits per heavy atom. The number of hydrogen-bond acceptors (Lipinski definition) is 4. The van der Waals surface area contributed by atoms with Crippen LogP contribution >= 0.6 is 0 Å². The van der Waals surface area contributed by atoms with Crippen LogP contribution in [0.2, 0.25) is 6.04 Å². The average molecular weight is 393 g/mol. The molecule has 0 aliphatic rings. The van der Waals surface area contributed by atoms with Gasteiger partial charge in [0.25, 0.3) is 0 Å². The summed E-state index contributed by atoms with van der Waals surface area (Å²) in [5.74, 6) is 0. The highest BCUT2D eigenvalue weighted by Crippen LogP contribution is 2.18. The van der Waals surface area contributed by atoms with E-state index in [9.17, 15) is 0 Å². The topological polar surface area (TPSA) is 47.9 Å². The van der Waals surface area contributed by atoms with Crippen molar-refractivity contribution in [3.8, 4) is 0 Å². The molecule has 0 bridgehead atoms. The zero-order valence-corrected chi connectivity index (χ0v) is 19.5. The van der Waals surface area contributed by atoms with Crippen LogP contribution in [-0.2, 0) is 13.3 Å². The van der Waals surface area contributed by atoms with Crippen LogP contribution in [0.5, 0.6) is 0 Å². The number of hydrogen-bond donors (Lipinski definition) is 1. The zero-order chi connectivity index (χ0) is 19.9. The predicted molar refractivity (Wildman–Crippen MR) is 115 cm³/mol. The molecule has 4 nitrogen and oxygen atoms in total. The van der Waals surface area contributed by atoms with E-state index in [0.717, 1.165) is 12.5 Å². The van der Waals surface area contributed by atoms with Gasteiger partial charge in [0.2, 0.25) is 0 Å². The van der Waals surface area contributed by atoms with E-state index < -0.39 is 8.80 Å². The molecular weight excluding hydrogens is 344 g/mol.